The normalized spacial score (nSPS) is 20.8. The number of nitrogens with two attached hydrogens (primary N) is 1. The summed E-state index contributed by atoms with van der Waals surface area (Å²) in [5.74, 6) is 0.891. The Hall–Kier alpha value is -2.80. The Morgan fingerprint density at radius 1 is 1.28 bits per heavy atom. The molecular formula is C20H29N7O4S. The number of hydrogen-bond acceptors (Lipinski definition) is 9. The van der Waals surface area contributed by atoms with Crippen LogP contribution in [-0.4, -0.2) is 66.3 Å². The van der Waals surface area contributed by atoms with Crippen molar-refractivity contribution in [1.29, 1.82) is 0 Å². The van der Waals surface area contributed by atoms with Crippen molar-refractivity contribution in [1.82, 2.24) is 19.9 Å². The zero-order valence-corrected chi connectivity index (χ0v) is 18.0. The van der Waals surface area contributed by atoms with Gasteiger partial charge in [-0.1, -0.05) is 19.6 Å². The van der Waals surface area contributed by atoms with Gasteiger partial charge in [0.05, 0.1) is 12.7 Å². The Labute approximate surface area is 187 Å². The highest BCUT2D eigenvalue weighted by Gasteiger charge is 2.34. The lowest BCUT2D eigenvalue weighted by molar-refractivity contribution is 0.101. The van der Waals surface area contributed by atoms with Crippen molar-refractivity contribution in [3.63, 3.8) is 0 Å². The molecule has 1 aromatic carbocycles. The molecule has 2 aromatic heterocycles. The highest BCUT2D eigenvalue weighted by atomic mass is 32.2. The molecule has 0 aliphatic heterocycles. The van der Waals surface area contributed by atoms with Crippen molar-refractivity contribution in [2.24, 2.45) is 11.1 Å². The number of nitrogens with one attached hydrogen (secondary N) is 2. The maximum atomic E-state index is 11.0. The second-order valence-corrected chi connectivity index (χ2v) is 9.06. The lowest BCUT2D eigenvalue weighted by Crippen LogP contribution is -2.24. The molecule has 5 N–H and O–H groups in total. The number of rotatable bonds is 7. The number of para-hydroxylation sites is 1. The summed E-state index contributed by atoms with van der Waals surface area (Å²) in [6, 6.07) is 7.79. The minimum Gasteiger partial charge on any atom is -0.393 e. The largest absolute Gasteiger partial charge is 0.393 e. The average Bonchev–Trinajstić information content (AvgIpc) is 3.29. The molecule has 11 nitrogen and oxygen atoms in total. The van der Waals surface area contributed by atoms with Gasteiger partial charge in [0.15, 0.2) is 11.5 Å². The minimum absolute atomic E-state index is 0. The van der Waals surface area contributed by atoms with E-state index in [0.29, 0.717) is 35.6 Å². The highest BCUT2D eigenvalue weighted by molar-refractivity contribution is 7.84. The number of anilines is 2. The monoisotopic (exact) mass is 463 g/mol. The maximum absolute atomic E-state index is 11.0. The predicted octanol–water partition coefficient (Wildman–Crippen LogP) is 1.49. The Kier molecular flexibility index (Phi) is 6.98. The topological polar surface area (TPSA) is 159 Å². The summed E-state index contributed by atoms with van der Waals surface area (Å²) < 4.78 is 26.7. The summed E-state index contributed by atoms with van der Waals surface area (Å²) in [7, 11) is -0.106. The summed E-state index contributed by atoms with van der Waals surface area (Å²) in [6.07, 6.45) is 1.65. The molecule has 0 bridgehead atoms. The fourth-order valence-electron chi connectivity index (χ4n) is 3.90. The summed E-state index contributed by atoms with van der Waals surface area (Å²) in [6.45, 7) is -0.160. The zero-order chi connectivity index (χ0) is 22.2. The fraction of sp³-hybridized carbons (Fsp3) is 0.450. The number of fused-ring (bicyclic) bond motifs is 1. The number of aliphatic hydroxyl groups excluding tert-OH is 1. The SMILES string of the molecule is C.CN(C)c1ccccc1-c1nc2ncnc(N[C@@H]3C[C@@H](COS(N)(=O)=O)[C@@H](O)C3)c2[nH]1. The number of H-pyrrole nitrogens is 1. The van der Waals surface area contributed by atoms with Crippen molar-refractivity contribution in [2.45, 2.75) is 32.4 Å². The third kappa shape index (κ3) is 5.15. The number of benzene rings is 1. The number of aromatic amines is 1. The first-order valence-corrected chi connectivity index (χ1v) is 11.3. The van der Waals surface area contributed by atoms with Crippen LogP contribution in [0.5, 0.6) is 0 Å². The van der Waals surface area contributed by atoms with Crippen LogP contribution in [0.4, 0.5) is 11.5 Å². The van der Waals surface area contributed by atoms with E-state index in [1.165, 1.54) is 6.33 Å². The van der Waals surface area contributed by atoms with Gasteiger partial charge in [0.2, 0.25) is 0 Å². The molecule has 0 spiro atoms. The molecule has 174 valence electrons. The van der Waals surface area contributed by atoms with Gasteiger partial charge < -0.3 is 20.3 Å². The Balaban J connectivity index is 0.00000289. The van der Waals surface area contributed by atoms with Gasteiger partial charge in [0.25, 0.3) is 0 Å². The zero-order valence-electron chi connectivity index (χ0n) is 17.2. The maximum Gasteiger partial charge on any atom is 0.333 e. The van der Waals surface area contributed by atoms with Gasteiger partial charge in [0.1, 0.15) is 17.7 Å². The van der Waals surface area contributed by atoms with E-state index in [-0.39, 0.29) is 26.0 Å². The predicted molar refractivity (Wildman–Crippen MR) is 123 cm³/mol. The Morgan fingerprint density at radius 3 is 2.75 bits per heavy atom. The van der Waals surface area contributed by atoms with E-state index in [9.17, 15) is 13.5 Å². The van der Waals surface area contributed by atoms with E-state index in [1.807, 2.05) is 43.3 Å². The Bertz CT molecular complexity index is 1180. The number of nitrogens with zero attached hydrogens (tertiary/aromatic N) is 4. The van der Waals surface area contributed by atoms with Crippen LogP contribution in [0.3, 0.4) is 0 Å². The van der Waals surface area contributed by atoms with Gasteiger partial charge in [-0.3, -0.25) is 4.18 Å². The van der Waals surface area contributed by atoms with Crippen LogP contribution >= 0.6 is 0 Å². The van der Waals surface area contributed by atoms with Crippen LogP contribution in [0.25, 0.3) is 22.6 Å². The second-order valence-electron chi connectivity index (χ2n) is 7.84. The van der Waals surface area contributed by atoms with Crippen LogP contribution in [0.1, 0.15) is 20.3 Å². The van der Waals surface area contributed by atoms with Crippen molar-refractivity contribution in [3.8, 4) is 11.4 Å². The van der Waals surface area contributed by atoms with E-state index >= 15 is 0 Å². The van der Waals surface area contributed by atoms with Gasteiger partial charge in [-0.15, -0.1) is 0 Å². The summed E-state index contributed by atoms with van der Waals surface area (Å²) in [4.78, 5) is 18.5. The molecule has 12 heteroatoms. The minimum atomic E-state index is -4.04. The molecule has 4 rings (SSSR count). The van der Waals surface area contributed by atoms with Crippen molar-refractivity contribution >= 4 is 33.0 Å². The molecule has 0 amide bonds. The molecule has 1 aliphatic carbocycles. The van der Waals surface area contributed by atoms with E-state index in [0.717, 1.165) is 11.3 Å². The van der Waals surface area contributed by atoms with Crippen LogP contribution in [0.15, 0.2) is 30.6 Å². The first-order chi connectivity index (χ1) is 14.7. The quantitative estimate of drug-likeness (QED) is 0.407. The third-order valence-corrected chi connectivity index (χ3v) is 5.84. The molecule has 32 heavy (non-hydrogen) atoms. The lowest BCUT2D eigenvalue weighted by Gasteiger charge is -2.15. The van der Waals surface area contributed by atoms with E-state index in [4.69, 9.17) is 5.14 Å². The van der Waals surface area contributed by atoms with Gasteiger partial charge in [0, 0.05) is 37.3 Å². The molecule has 0 radical (unpaired) electrons. The fourth-order valence-corrected chi connectivity index (χ4v) is 4.27. The standard InChI is InChI=1S/C19H25N7O4S.CH4/c1-26(2)14-6-4-3-5-13(14)17-24-16-18(21-10-22-19(16)25-17)23-12-7-11(15(27)8-12)9-30-31(20,28)29;/h3-6,10-12,15,27H,7-9H2,1-2H3,(H2,20,28,29)(H2,21,22,23,24,25);1H4/t11-,12+,15-;/m0./s1. The smallest absolute Gasteiger partial charge is 0.333 e. The molecule has 0 unspecified atom stereocenters. The van der Waals surface area contributed by atoms with Crippen LogP contribution in [-0.2, 0) is 14.5 Å². The summed E-state index contributed by atoms with van der Waals surface area (Å²) in [5.41, 5.74) is 3.13. The molecule has 0 saturated heterocycles. The lowest BCUT2D eigenvalue weighted by atomic mass is 10.1. The first-order valence-electron chi connectivity index (χ1n) is 9.80. The van der Waals surface area contributed by atoms with Gasteiger partial charge in [-0.05, 0) is 25.0 Å². The van der Waals surface area contributed by atoms with E-state index in [2.05, 4.69) is 29.4 Å². The molecule has 3 aromatic rings. The Morgan fingerprint density at radius 2 is 2.03 bits per heavy atom. The van der Waals surface area contributed by atoms with E-state index < -0.39 is 16.4 Å². The number of imidazole rings is 1. The number of hydrogen-bond donors (Lipinski definition) is 4. The van der Waals surface area contributed by atoms with Gasteiger partial charge >= 0.3 is 10.3 Å². The van der Waals surface area contributed by atoms with Crippen LogP contribution < -0.4 is 15.4 Å². The van der Waals surface area contributed by atoms with Crippen molar-refractivity contribution in [3.05, 3.63) is 30.6 Å². The summed E-state index contributed by atoms with van der Waals surface area (Å²) >= 11 is 0. The third-order valence-electron chi connectivity index (χ3n) is 5.37. The van der Waals surface area contributed by atoms with Crippen LogP contribution in [0, 0.1) is 5.92 Å². The average molecular weight is 464 g/mol. The molecule has 2 heterocycles. The first kappa shape index (κ1) is 23.9. The highest BCUT2D eigenvalue weighted by Crippen LogP contribution is 2.32. The van der Waals surface area contributed by atoms with Crippen molar-refractivity contribution in [2.75, 3.05) is 30.9 Å². The molecule has 3 atom stereocenters. The second kappa shape index (κ2) is 9.36. The van der Waals surface area contributed by atoms with Crippen molar-refractivity contribution < 1.29 is 17.7 Å². The van der Waals surface area contributed by atoms with Gasteiger partial charge in [-0.2, -0.15) is 8.42 Å². The molecular weight excluding hydrogens is 434 g/mol. The van der Waals surface area contributed by atoms with Crippen LogP contribution in [0.2, 0.25) is 0 Å². The number of aliphatic hydroxyl groups is 1. The van der Waals surface area contributed by atoms with E-state index in [1.54, 1.807) is 0 Å². The van der Waals surface area contributed by atoms with Gasteiger partial charge in [-0.25, -0.2) is 20.1 Å². The summed E-state index contributed by atoms with van der Waals surface area (Å²) in [5, 5.41) is 18.5. The molecule has 1 saturated carbocycles. The molecule has 1 fully saturated rings. The molecule has 1 aliphatic rings. The number of aromatic nitrogens is 4.